The van der Waals surface area contributed by atoms with E-state index in [9.17, 15) is 31.1 Å². The van der Waals surface area contributed by atoms with Gasteiger partial charge in [-0.3, -0.25) is 4.79 Å². The Morgan fingerprint density at radius 2 is 1.88 bits per heavy atom. The number of nitrogens with zero attached hydrogens (tertiary/aromatic N) is 3. The van der Waals surface area contributed by atoms with Gasteiger partial charge in [0.2, 0.25) is 11.7 Å². The molecule has 0 spiro atoms. The van der Waals surface area contributed by atoms with Crippen molar-refractivity contribution in [2.75, 3.05) is 6.54 Å². The van der Waals surface area contributed by atoms with E-state index in [1.807, 2.05) is 0 Å². The van der Waals surface area contributed by atoms with Crippen molar-refractivity contribution in [3.63, 3.8) is 0 Å². The Morgan fingerprint density at radius 3 is 2.55 bits per heavy atom. The van der Waals surface area contributed by atoms with Crippen LogP contribution in [0.2, 0.25) is 0 Å². The quantitative estimate of drug-likeness (QED) is 0.429. The summed E-state index contributed by atoms with van der Waals surface area (Å²) in [5.41, 5.74) is 6.21. The Labute approximate surface area is 188 Å². The summed E-state index contributed by atoms with van der Waals surface area (Å²) in [4.78, 5) is 18.5. The van der Waals surface area contributed by atoms with Gasteiger partial charge in [0.15, 0.2) is 11.6 Å². The number of thiophene rings is 1. The molecule has 12 heteroatoms. The summed E-state index contributed by atoms with van der Waals surface area (Å²) < 4.78 is 81.9. The van der Waals surface area contributed by atoms with Crippen LogP contribution in [0.3, 0.4) is 0 Å². The van der Waals surface area contributed by atoms with Gasteiger partial charge >= 0.3 is 6.18 Å². The maximum absolute atomic E-state index is 13.9. The Morgan fingerprint density at radius 1 is 1.15 bits per heavy atom. The number of nitrogens with two attached hydrogens (primary N) is 1. The minimum Gasteiger partial charge on any atom is -0.335 e. The highest BCUT2D eigenvalue weighted by Crippen LogP contribution is 2.37. The van der Waals surface area contributed by atoms with Crippen molar-refractivity contribution in [1.29, 1.82) is 0 Å². The highest BCUT2D eigenvalue weighted by Gasteiger charge is 2.41. The number of hydrogen-bond acceptors (Lipinski definition) is 4. The minimum absolute atomic E-state index is 0.0153. The van der Waals surface area contributed by atoms with Crippen molar-refractivity contribution < 1.29 is 31.1 Å². The molecule has 4 rings (SSSR count). The smallest absolute Gasteiger partial charge is 0.335 e. The summed E-state index contributed by atoms with van der Waals surface area (Å²) in [6.07, 6.45) is -5.10. The zero-order valence-electron chi connectivity index (χ0n) is 17.0. The van der Waals surface area contributed by atoms with E-state index < -0.39 is 41.4 Å². The van der Waals surface area contributed by atoms with Crippen LogP contribution in [0, 0.1) is 17.5 Å². The van der Waals surface area contributed by atoms with Crippen LogP contribution < -0.4 is 5.73 Å². The normalized spacial score (nSPS) is 14.9. The van der Waals surface area contributed by atoms with Gasteiger partial charge < -0.3 is 15.2 Å². The molecule has 0 saturated heterocycles. The maximum Gasteiger partial charge on any atom is 0.449 e. The standard InChI is InChI=1S/C21H18F6N4OS/c22-13-9-15(24)14(23)7-11(13)6-12(28)8-18(32)30-3-4-31-16(10-30)19(17-2-1-5-33-17)29-20(31)21(25,26)27/h1-2,5,7,9,12H,3-4,6,8,10,28H2. The molecule has 2 N–H and O–H groups in total. The van der Waals surface area contributed by atoms with E-state index in [-0.39, 0.29) is 49.4 Å². The second-order valence-corrected chi connectivity index (χ2v) is 8.65. The molecule has 3 aromatic rings. The first kappa shape index (κ1) is 23.3. The molecule has 176 valence electrons. The number of aromatic nitrogens is 2. The SMILES string of the molecule is NC(CC(=O)N1CCn2c(C(F)(F)F)nc(-c3cccs3)c2C1)Cc1cc(F)c(F)cc1F. The summed E-state index contributed by atoms with van der Waals surface area (Å²) >= 11 is 1.24. The summed E-state index contributed by atoms with van der Waals surface area (Å²) in [5.74, 6) is -4.98. The number of halogens is 6. The Hall–Kier alpha value is -2.86. The lowest BCUT2D eigenvalue weighted by atomic mass is 10.0. The highest BCUT2D eigenvalue weighted by molar-refractivity contribution is 7.13. The van der Waals surface area contributed by atoms with Crippen LogP contribution in [0.1, 0.15) is 23.5 Å². The van der Waals surface area contributed by atoms with Gasteiger partial charge in [-0.15, -0.1) is 11.3 Å². The van der Waals surface area contributed by atoms with E-state index in [1.165, 1.54) is 16.2 Å². The first-order chi connectivity index (χ1) is 15.5. The molecular weight excluding hydrogens is 470 g/mol. The van der Waals surface area contributed by atoms with E-state index in [2.05, 4.69) is 4.98 Å². The van der Waals surface area contributed by atoms with Gasteiger partial charge in [-0.1, -0.05) is 6.07 Å². The molecule has 0 bridgehead atoms. The molecule has 1 aliphatic heterocycles. The van der Waals surface area contributed by atoms with Crippen molar-refractivity contribution in [3.8, 4) is 10.6 Å². The van der Waals surface area contributed by atoms with E-state index in [0.29, 0.717) is 17.0 Å². The van der Waals surface area contributed by atoms with E-state index >= 15 is 0 Å². The second-order valence-electron chi connectivity index (χ2n) is 7.70. The Kier molecular flexibility index (Phi) is 6.23. The molecule has 33 heavy (non-hydrogen) atoms. The van der Waals surface area contributed by atoms with Crippen LogP contribution in [0.25, 0.3) is 10.6 Å². The predicted molar refractivity (Wildman–Crippen MR) is 109 cm³/mol. The monoisotopic (exact) mass is 488 g/mol. The number of carbonyl (C=O) groups is 1. The lowest BCUT2D eigenvalue weighted by Gasteiger charge is -2.30. The molecule has 2 aromatic heterocycles. The zero-order valence-corrected chi connectivity index (χ0v) is 17.8. The van der Waals surface area contributed by atoms with Crippen LogP contribution in [-0.2, 0) is 30.5 Å². The van der Waals surface area contributed by atoms with Crippen molar-refractivity contribution in [2.24, 2.45) is 5.73 Å². The molecule has 1 atom stereocenters. The number of imidazole rings is 1. The summed E-state index contributed by atoms with van der Waals surface area (Å²) in [5, 5.41) is 1.72. The average molecular weight is 488 g/mol. The van der Waals surface area contributed by atoms with Crippen LogP contribution >= 0.6 is 11.3 Å². The van der Waals surface area contributed by atoms with Crippen LogP contribution in [0.15, 0.2) is 29.6 Å². The number of amides is 1. The van der Waals surface area contributed by atoms with Crippen LogP contribution in [0.5, 0.6) is 0 Å². The van der Waals surface area contributed by atoms with Crippen molar-refractivity contribution in [2.45, 2.75) is 38.1 Å². The maximum atomic E-state index is 13.9. The Balaban J connectivity index is 1.51. The van der Waals surface area contributed by atoms with Gasteiger partial charge in [0, 0.05) is 31.6 Å². The number of hydrogen-bond donors (Lipinski definition) is 1. The van der Waals surface area contributed by atoms with Gasteiger partial charge in [-0.2, -0.15) is 13.2 Å². The number of alkyl halides is 3. The topological polar surface area (TPSA) is 64.2 Å². The lowest BCUT2D eigenvalue weighted by molar-refractivity contribution is -0.148. The number of benzene rings is 1. The fourth-order valence-corrected chi connectivity index (χ4v) is 4.57. The minimum atomic E-state index is -4.65. The largest absolute Gasteiger partial charge is 0.449 e. The van der Waals surface area contributed by atoms with Gasteiger partial charge in [0.1, 0.15) is 11.5 Å². The van der Waals surface area contributed by atoms with E-state index in [1.54, 1.807) is 17.5 Å². The predicted octanol–water partition coefficient (Wildman–Crippen LogP) is 4.35. The summed E-state index contributed by atoms with van der Waals surface area (Å²) in [7, 11) is 0. The molecule has 1 unspecified atom stereocenters. The lowest BCUT2D eigenvalue weighted by Crippen LogP contribution is -2.42. The Bertz CT molecular complexity index is 1170. The van der Waals surface area contributed by atoms with Crippen LogP contribution in [-0.4, -0.2) is 32.9 Å². The molecular formula is C21H18F6N4OS. The van der Waals surface area contributed by atoms with Gasteiger partial charge in [-0.25, -0.2) is 18.2 Å². The van der Waals surface area contributed by atoms with Crippen molar-refractivity contribution in [1.82, 2.24) is 14.5 Å². The third-order valence-corrected chi connectivity index (χ3v) is 6.25. The third kappa shape index (κ3) is 4.76. The molecule has 0 aliphatic carbocycles. The fraction of sp³-hybridized carbons (Fsp3) is 0.333. The molecule has 3 heterocycles. The first-order valence-electron chi connectivity index (χ1n) is 9.92. The van der Waals surface area contributed by atoms with Gasteiger partial charge in [0.05, 0.1) is 17.1 Å². The summed E-state index contributed by atoms with van der Waals surface area (Å²) in [6, 6.07) is 3.56. The molecule has 0 radical (unpaired) electrons. The highest BCUT2D eigenvalue weighted by atomic mass is 32.1. The van der Waals surface area contributed by atoms with Crippen molar-refractivity contribution >= 4 is 17.2 Å². The molecule has 1 aliphatic rings. The summed E-state index contributed by atoms with van der Waals surface area (Å²) in [6.45, 7) is -0.176. The number of rotatable bonds is 5. The first-order valence-corrected chi connectivity index (χ1v) is 10.8. The molecule has 1 aromatic carbocycles. The molecule has 0 saturated carbocycles. The van der Waals surface area contributed by atoms with Crippen LogP contribution in [0.4, 0.5) is 26.3 Å². The van der Waals surface area contributed by atoms with Gasteiger partial charge in [0.25, 0.3) is 0 Å². The van der Waals surface area contributed by atoms with Gasteiger partial charge in [-0.05, 0) is 29.5 Å². The van der Waals surface area contributed by atoms with E-state index in [0.717, 1.165) is 4.57 Å². The average Bonchev–Trinajstić information content (AvgIpc) is 3.38. The van der Waals surface area contributed by atoms with E-state index in [4.69, 9.17) is 5.73 Å². The zero-order chi connectivity index (χ0) is 23.9. The molecule has 1 amide bonds. The molecule has 5 nitrogen and oxygen atoms in total. The van der Waals surface area contributed by atoms with Crippen molar-refractivity contribution in [3.05, 3.63) is 64.2 Å². The third-order valence-electron chi connectivity index (χ3n) is 5.38. The number of carbonyl (C=O) groups excluding carboxylic acids is 1. The number of fused-ring (bicyclic) bond motifs is 1. The second kappa shape index (κ2) is 8.82. The fourth-order valence-electron chi connectivity index (χ4n) is 3.84. The molecule has 0 fully saturated rings.